The molecule has 0 aliphatic heterocycles. The first-order chi connectivity index (χ1) is 10.2. The molecule has 3 aromatic heterocycles. The lowest BCUT2D eigenvalue weighted by Crippen LogP contribution is -2.20. The number of carbonyl (C=O) groups excluding carboxylic acids is 1. The highest BCUT2D eigenvalue weighted by Gasteiger charge is 2.29. The Kier molecular flexibility index (Phi) is 3.04. The topological polar surface area (TPSA) is 60.1 Å². The first kappa shape index (κ1) is 13.0. The van der Waals surface area contributed by atoms with Gasteiger partial charge in [-0.3, -0.25) is 4.79 Å². The maximum Gasteiger partial charge on any atom is 0.253 e. The fourth-order valence-electron chi connectivity index (χ4n) is 2.68. The van der Waals surface area contributed by atoms with Crippen molar-refractivity contribution in [3.05, 3.63) is 39.8 Å². The number of hydrogen-bond acceptors (Lipinski definition) is 6. The Bertz CT molecular complexity index is 825. The summed E-state index contributed by atoms with van der Waals surface area (Å²) in [6.07, 6.45) is 5.04. The van der Waals surface area contributed by atoms with Gasteiger partial charge in [-0.15, -0.1) is 16.4 Å². The molecule has 4 rings (SSSR count). The van der Waals surface area contributed by atoms with Gasteiger partial charge in [0.15, 0.2) is 5.78 Å². The van der Waals surface area contributed by atoms with E-state index in [1.54, 1.807) is 22.0 Å². The minimum atomic E-state index is 0.144. The Hall–Kier alpha value is -1.73. The number of ketones is 1. The maximum absolute atomic E-state index is 12.4. The normalized spacial score (nSPS) is 18.1. The van der Waals surface area contributed by atoms with Crippen molar-refractivity contribution >= 4 is 34.7 Å². The van der Waals surface area contributed by atoms with E-state index in [1.807, 2.05) is 12.3 Å². The number of thiophene rings is 1. The quantitative estimate of drug-likeness (QED) is 0.680. The summed E-state index contributed by atoms with van der Waals surface area (Å²) in [6.45, 7) is 0. The summed E-state index contributed by atoms with van der Waals surface area (Å²) >= 11 is 3.17. The molecule has 3 heterocycles. The van der Waals surface area contributed by atoms with Crippen LogP contribution in [0.1, 0.15) is 33.3 Å². The van der Waals surface area contributed by atoms with Crippen molar-refractivity contribution in [3.8, 4) is 0 Å². The van der Waals surface area contributed by atoms with Crippen LogP contribution in [0, 0.1) is 0 Å². The fraction of sp³-hybridized carbons (Fsp3) is 0.286. The second-order valence-corrected chi connectivity index (χ2v) is 6.74. The van der Waals surface area contributed by atoms with Crippen LogP contribution in [0.4, 0.5) is 0 Å². The van der Waals surface area contributed by atoms with Crippen LogP contribution in [0.25, 0.3) is 5.78 Å². The number of Topliss-reactive ketones (excluding diaryl/α,β-unsaturated/α-hetero) is 1. The first-order valence-corrected chi connectivity index (χ1v) is 8.72. The molecule has 0 amide bonds. The molecule has 0 saturated heterocycles. The molecule has 0 radical (unpaired) electrons. The van der Waals surface area contributed by atoms with Crippen molar-refractivity contribution in [3.63, 3.8) is 0 Å². The average Bonchev–Trinajstić information content (AvgIpc) is 3.14. The largest absolute Gasteiger partial charge is 0.294 e. The molecule has 1 atom stereocenters. The van der Waals surface area contributed by atoms with Gasteiger partial charge in [0.1, 0.15) is 0 Å². The molecule has 0 fully saturated rings. The summed E-state index contributed by atoms with van der Waals surface area (Å²) in [7, 11) is 0. The number of nitrogens with zero attached hydrogens (tertiary/aromatic N) is 4. The lowest BCUT2D eigenvalue weighted by Gasteiger charge is -2.21. The van der Waals surface area contributed by atoms with Gasteiger partial charge in [0.05, 0.1) is 11.3 Å². The molecule has 3 aromatic rings. The predicted octanol–water partition coefficient (Wildman–Crippen LogP) is 2.82. The van der Waals surface area contributed by atoms with Crippen LogP contribution in [-0.4, -0.2) is 31.6 Å². The second kappa shape index (κ2) is 4.92. The van der Waals surface area contributed by atoms with Crippen molar-refractivity contribution < 1.29 is 4.79 Å². The van der Waals surface area contributed by atoms with E-state index in [-0.39, 0.29) is 11.7 Å². The lowest BCUT2D eigenvalue weighted by molar-refractivity contribution is 0.0963. The Morgan fingerprint density at radius 1 is 1.38 bits per heavy atom. The first-order valence-electron chi connectivity index (χ1n) is 6.61. The van der Waals surface area contributed by atoms with E-state index in [2.05, 4.69) is 26.5 Å². The van der Waals surface area contributed by atoms with Gasteiger partial charge in [-0.1, -0.05) is 17.8 Å². The molecule has 1 aliphatic carbocycles. The molecular weight excluding hydrogens is 304 g/mol. The van der Waals surface area contributed by atoms with E-state index in [9.17, 15) is 4.79 Å². The highest BCUT2D eigenvalue weighted by molar-refractivity contribution is 7.98. The molecular formula is C14H12N4OS2. The molecule has 0 spiro atoms. The van der Waals surface area contributed by atoms with Crippen LogP contribution in [0.5, 0.6) is 0 Å². The molecule has 1 aliphatic rings. The zero-order valence-corrected chi connectivity index (χ0v) is 12.9. The highest BCUT2D eigenvalue weighted by atomic mass is 32.2. The van der Waals surface area contributed by atoms with Crippen LogP contribution < -0.4 is 0 Å². The van der Waals surface area contributed by atoms with Gasteiger partial charge in [-0.25, -0.2) is 9.50 Å². The van der Waals surface area contributed by atoms with E-state index in [4.69, 9.17) is 0 Å². The summed E-state index contributed by atoms with van der Waals surface area (Å²) in [5, 5.41) is 7.02. The second-order valence-electron chi connectivity index (χ2n) is 4.99. The number of aromatic nitrogens is 4. The average molecular weight is 316 g/mol. The molecule has 5 nitrogen and oxygen atoms in total. The highest BCUT2D eigenvalue weighted by Crippen LogP contribution is 2.34. The van der Waals surface area contributed by atoms with Gasteiger partial charge in [0.2, 0.25) is 5.16 Å². The third-order valence-electron chi connectivity index (χ3n) is 3.69. The minimum absolute atomic E-state index is 0.144. The number of carbonyl (C=O) groups is 1. The van der Waals surface area contributed by atoms with Crippen LogP contribution in [-0.2, 0) is 6.42 Å². The van der Waals surface area contributed by atoms with Gasteiger partial charge in [0.25, 0.3) is 5.78 Å². The van der Waals surface area contributed by atoms with Crippen molar-refractivity contribution in [2.75, 3.05) is 6.26 Å². The standard InChI is InChI=1S/C14H12N4OS2/c1-20-14-16-13-15-10-5-8(12-3-2-4-21-12)6-11(19)9(10)7-18(13)17-14/h2-4,7-8H,5-6H2,1H3/t8-/m0/s1. The van der Waals surface area contributed by atoms with E-state index in [1.165, 1.54) is 16.6 Å². The number of hydrogen-bond donors (Lipinski definition) is 0. The summed E-state index contributed by atoms with van der Waals surface area (Å²) in [5.74, 6) is 0.950. The smallest absolute Gasteiger partial charge is 0.253 e. The molecule has 7 heteroatoms. The molecule has 0 bridgehead atoms. The van der Waals surface area contributed by atoms with Gasteiger partial charge in [-0.05, 0) is 24.1 Å². The summed E-state index contributed by atoms with van der Waals surface area (Å²) < 4.78 is 1.61. The molecule has 106 valence electrons. The van der Waals surface area contributed by atoms with Crippen molar-refractivity contribution in [1.29, 1.82) is 0 Å². The summed E-state index contributed by atoms with van der Waals surface area (Å²) in [5.41, 5.74) is 1.53. The molecule has 0 N–H and O–H groups in total. The molecule has 0 aromatic carbocycles. The van der Waals surface area contributed by atoms with Crippen molar-refractivity contribution in [2.45, 2.75) is 23.9 Å². The van der Waals surface area contributed by atoms with Crippen LogP contribution in [0.3, 0.4) is 0 Å². The SMILES string of the molecule is CSc1nc2nc3c(cn2n1)C(=O)C[C@@H](c1cccs1)C3. The van der Waals surface area contributed by atoms with Crippen LogP contribution in [0.2, 0.25) is 0 Å². The van der Waals surface area contributed by atoms with E-state index >= 15 is 0 Å². The van der Waals surface area contributed by atoms with E-state index in [0.717, 1.165) is 12.1 Å². The molecule has 0 saturated carbocycles. The summed E-state index contributed by atoms with van der Waals surface area (Å²) in [4.78, 5) is 22.6. The van der Waals surface area contributed by atoms with E-state index in [0.29, 0.717) is 22.9 Å². The lowest BCUT2D eigenvalue weighted by atomic mass is 9.86. The van der Waals surface area contributed by atoms with Gasteiger partial charge >= 0.3 is 0 Å². The van der Waals surface area contributed by atoms with Crippen LogP contribution >= 0.6 is 23.1 Å². The zero-order chi connectivity index (χ0) is 14.4. The van der Waals surface area contributed by atoms with Crippen LogP contribution in [0.15, 0.2) is 28.9 Å². The minimum Gasteiger partial charge on any atom is -0.294 e. The number of thioether (sulfide) groups is 1. The Balaban J connectivity index is 1.80. The Labute approximate surface area is 129 Å². The van der Waals surface area contributed by atoms with Crippen molar-refractivity contribution in [2.24, 2.45) is 0 Å². The Morgan fingerprint density at radius 3 is 3.05 bits per heavy atom. The zero-order valence-electron chi connectivity index (χ0n) is 11.3. The van der Waals surface area contributed by atoms with Gasteiger partial charge in [-0.2, -0.15) is 4.98 Å². The fourth-order valence-corrected chi connectivity index (χ4v) is 3.85. The van der Waals surface area contributed by atoms with Gasteiger partial charge < -0.3 is 0 Å². The number of fused-ring (bicyclic) bond motifs is 2. The molecule has 0 unspecified atom stereocenters. The summed E-state index contributed by atoms with van der Waals surface area (Å²) in [6, 6.07) is 4.12. The van der Waals surface area contributed by atoms with E-state index < -0.39 is 0 Å². The predicted molar refractivity (Wildman–Crippen MR) is 82.3 cm³/mol. The maximum atomic E-state index is 12.4. The molecule has 21 heavy (non-hydrogen) atoms. The number of rotatable bonds is 2. The van der Waals surface area contributed by atoms with Crippen molar-refractivity contribution in [1.82, 2.24) is 19.6 Å². The van der Waals surface area contributed by atoms with Gasteiger partial charge in [0, 0.05) is 23.4 Å². The monoisotopic (exact) mass is 316 g/mol. The third-order valence-corrected chi connectivity index (χ3v) is 5.26. The third kappa shape index (κ3) is 2.16. The Morgan fingerprint density at radius 2 is 2.29 bits per heavy atom.